The Hall–Kier alpha value is -2.42. The van der Waals surface area contributed by atoms with Gasteiger partial charge in [0.2, 0.25) is 5.91 Å². The molecule has 7 nitrogen and oxygen atoms in total. The summed E-state index contributed by atoms with van der Waals surface area (Å²) >= 11 is 0. The number of sulfonamides is 1. The van der Waals surface area contributed by atoms with E-state index in [0.29, 0.717) is 38.5 Å². The highest BCUT2D eigenvalue weighted by molar-refractivity contribution is 7.92. The predicted molar refractivity (Wildman–Crippen MR) is 122 cm³/mol. The van der Waals surface area contributed by atoms with Crippen molar-refractivity contribution in [1.29, 1.82) is 0 Å². The maximum Gasteiger partial charge on any atom is 0.264 e. The van der Waals surface area contributed by atoms with Crippen molar-refractivity contribution in [2.45, 2.75) is 31.6 Å². The molecule has 1 amide bonds. The number of hydrogen-bond donors (Lipinski definition) is 1. The average Bonchev–Trinajstić information content (AvgIpc) is 2.74. The molecule has 0 fully saturated rings. The van der Waals surface area contributed by atoms with Gasteiger partial charge in [-0.2, -0.15) is 0 Å². The predicted octanol–water partition coefficient (Wildman–Crippen LogP) is 3.06. The number of nitrogens with zero attached hydrogens (tertiary/aromatic N) is 1. The molecule has 170 valence electrons. The molecule has 0 radical (unpaired) electrons. The van der Waals surface area contributed by atoms with E-state index in [1.807, 2.05) is 26.0 Å². The number of ether oxygens (including phenoxy) is 2. The number of carbonyl (C=O) groups excluding carboxylic acids is 1. The van der Waals surface area contributed by atoms with Gasteiger partial charge in [-0.25, -0.2) is 8.42 Å². The molecular formula is C23H32N2O5S. The van der Waals surface area contributed by atoms with E-state index in [1.165, 1.54) is 4.31 Å². The van der Waals surface area contributed by atoms with Crippen LogP contribution in [0.15, 0.2) is 53.4 Å². The van der Waals surface area contributed by atoms with Crippen LogP contribution in [0.3, 0.4) is 0 Å². The third kappa shape index (κ3) is 7.97. The number of anilines is 1. The fourth-order valence-electron chi connectivity index (χ4n) is 2.87. The van der Waals surface area contributed by atoms with Crippen molar-refractivity contribution >= 4 is 21.6 Å². The van der Waals surface area contributed by atoms with Gasteiger partial charge < -0.3 is 14.8 Å². The summed E-state index contributed by atoms with van der Waals surface area (Å²) in [5.74, 6) is -0.201. The summed E-state index contributed by atoms with van der Waals surface area (Å²) in [6.07, 6.45) is 0.738. The number of aryl methyl sites for hydroxylation is 2. The Balaban J connectivity index is 2.01. The Labute approximate surface area is 185 Å². The molecule has 2 aromatic rings. The molecule has 1 N–H and O–H groups in total. The third-order valence-corrected chi connectivity index (χ3v) is 6.53. The van der Waals surface area contributed by atoms with Crippen LogP contribution < -0.4 is 9.62 Å². The Morgan fingerprint density at radius 3 is 2.16 bits per heavy atom. The van der Waals surface area contributed by atoms with Gasteiger partial charge in [0.05, 0.1) is 23.8 Å². The lowest BCUT2D eigenvalue weighted by molar-refractivity contribution is -0.120. The fraction of sp³-hybridized carbons (Fsp3) is 0.435. The zero-order valence-corrected chi connectivity index (χ0v) is 19.3. The van der Waals surface area contributed by atoms with Gasteiger partial charge in [-0.3, -0.25) is 9.10 Å². The zero-order chi connectivity index (χ0) is 22.7. The molecule has 0 aliphatic rings. The van der Waals surface area contributed by atoms with Crippen molar-refractivity contribution in [3.8, 4) is 0 Å². The second-order valence-electron chi connectivity index (χ2n) is 7.28. The fourth-order valence-corrected chi connectivity index (χ4v) is 4.34. The number of benzene rings is 2. The summed E-state index contributed by atoms with van der Waals surface area (Å²) in [7, 11) is -2.18. The molecule has 0 saturated carbocycles. The first kappa shape index (κ1) is 24.8. The minimum absolute atomic E-state index is 0.0510. The smallest absolute Gasteiger partial charge is 0.264 e. The van der Waals surface area contributed by atoms with Crippen LogP contribution in [0, 0.1) is 13.8 Å². The molecule has 0 aliphatic heterocycles. The van der Waals surface area contributed by atoms with Crippen LogP contribution in [0.25, 0.3) is 0 Å². The van der Waals surface area contributed by atoms with Crippen LogP contribution in [0.4, 0.5) is 5.69 Å². The Morgan fingerprint density at radius 2 is 1.55 bits per heavy atom. The van der Waals surface area contributed by atoms with E-state index in [-0.39, 0.29) is 23.8 Å². The lowest BCUT2D eigenvalue weighted by Crippen LogP contribution is -2.35. The van der Waals surface area contributed by atoms with E-state index >= 15 is 0 Å². The lowest BCUT2D eigenvalue weighted by Gasteiger charge is -2.24. The van der Waals surface area contributed by atoms with Crippen molar-refractivity contribution in [3.63, 3.8) is 0 Å². The topological polar surface area (TPSA) is 84.9 Å². The van der Waals surface area contributed by atoms with Gasteiger partial charge in [-0.05, 0) is 44.5 Å². The molecule has 0 spiro atoms. The summed E-state index contributed by atoms with van der Waals surface area (Å²) in [4.78, 5) is 12.5. The molecule has 8 heteroatoms. The molecule has 0 bridgehead atoms. The molecule has 31 heavy (non-hydrogen) atoms. The molecule has 2 rings (SSSR count). The van der Waals surface area contributed by atoms with Crippen molar-refractivity contribution < 1.29 is 22.7 Å². The van der Waals surface area contributed by atoms with Crippen molar-refractivity contribution in [1.82, 2.24) is 5.32 Å². The Kier molecular flexibility index (Phi) is 9.97. The van der Waals surface area contributed by atoms with Gasteiger partial charge in [0.25, 0.3) is 10.0 Å². The first-order chi connectivity index (χ1) is 14.8. The molecule has 2 aromatic carbocycles. The van der Waals surface area contributed by atoms with E-state index in [0.717, 1.165) is 11.1 Å². The standard InChI is InChI=1S/C23H32N2O5S/c1-19-5-9-21(10-6-19)25(31(27,28)22-11-7-20(2)8-12-22)15-13-23(26)24-14-4-16-30-18-17-29-3/h5-12H,4,13-18H2,1-3H3,(H,24,26). The molecule has 0 unspecified atom stereocenters. The van der Waals surface area contributed by atoms with Gasteiger partial charge in [0.1, 0.15) is 0 Å². The van der Waals surface area contributed by atoms with Crippen molar-refractivity contribution in [2.75, 3.05) is 44.3 Å². The minimum atomic E-state index is -3.80. The normalized spacial score (nSPS) is 11.3. The summed E-state index contributed by atoms with van der Waals surface area (Å²) in [5, 5.41) is 2.82. The van der Waals surface area contributed by atoms with E-state index in [2.05, 4.69) is 5.32 Å². The van der Waals surface area contributed by atoms with E-state index in [1.54, 1.807) is 43.5 Å². The number of nitrogens with one attached hydrogen (secondary N) is 1. The number of rotatable bonds is 13. The van der Waals surface area contributed by atoms with Crippen LogP contribution in [-0.2, 0) is 24.3 Å². The second kappa shape index (κ2) is 12.4. The number of carbonyl (C=O) groups is 1. The minimum Gasteiger partial charge on any atom is -0.382 e. The zero-order valence-electron chi connectivity index (χ0n) is 18.5. The van der Waals surface area contributed by atoms with Crippen LogP contribution in [0.5, 0.6) is 0 Å². The SMILES string of the molecule is COCCOCCCNC(=O)CCN(c1ccc(C)cc1)S(=O)(=O)c1ccc(C)cc1. The molecule has 0 aliphatic carbocycles. The summed E-state index contributed by atoms with van der Waals surface area (Å²) in [6, 6.07) is 14.0. The first-order valence-corrected chi connectivity index (χ1v) is 11.8. The van der Waals surface area contributed by atoms with Gasteiger partial charge in [0, 0.05) is 33.2 Å². The molecule has 0 aromatic heterocycles. The quantitative estimate of drug-likeness (QED) is 0.476. The number of methoxy groups -OCH3 is 1. The van der Waals surface area contributed by atoms with Crippen LogP contribution in [0.1, 0.15) is 24.0 Å². The molecule has 0 saturated heterocycles. The van der Waals surface area contributed by atoms with E-state index < -0.39 is 10.0 Å². The summed E-state index contributed by atoms with van der Waals surface area (Å²) in [5.41, 5.74) is 2.54. The van der Waals surface area contributed by atoms with Gasteiger partial charge >= 0.3 is 0 Å². The van der Waals surface area contributed by atoms with Gasteiger partial charge in [-0.1, -0.05) is 35.4 Å². The Morgan fingerprint density at radius 1 is 0.935 bits per heavy atom. The largest absolute Gasteiger partial charge is 0.382 e. The Bertz CT molecular complexity index is 912. The van der Waals surface area contributed by atoms with E-state index in [4.69, 9.17) is 9.47 Å². The number of hydrogen-bond acceptors (Lipinski definition) is 5. The van der Waals surface area contributed by atoms with Crippen molar-refractivity contribution in [2.24, 2.45) is 0 Å². The van der Waals surface area contributed by atoms with Gasteiger partial charge in [-0.15, -0.1) is 0 Å². The second-order valence-corrected chi connectivity index (χ2v) is 9.15. The maximum absolute atomic E-state index is 13.3. The highest BCUT2D eigenvalue weighted by Crippen LogP contribution is 2.24. The summed E-state index contributed by atoms with van der Waals surface area (Å²) < 4.78 is 38.1. The lowest BCUT2D eigenvalue weighted by atomic mass is 10.2. The highest BCUT2D eigenvalue weighted by atomic mass is 32.2. The first-order valence-electron chi connectivity index (χ1n) is 10.3. The molecular weight excluding hydrogens is 416 g/mol. The third-order valence-electron chi connectivity index (χ3n) is 4.69. The van der Waals surface area contributed by atoms with Crippen molar-refractivity contribution in [3.05, 3.63) is 59.7 Å². The van der Waals surface area contributed by atoms with Crippen LogP contribution >= 0.6 is 0 Å². The maximum atomic E-state index is 13.3. The number of amides is 1. The highest BCUT2D eigenvalue weighted by Gasteiger charge is 2.25. The van der Waals surface area contributed by atoms with E-state index in [9.17, 15) is 13.2 Å². The van der Waals surface area contributed by atoms with Gasteiger partial charge in [0.15, 0.2) is 0 Å². The summed E-state index contributed by atoms with van der Waals surface area (Å²) in [6.45, 7) is 5.96. The molecule has 0 atom stereocenters. The van der Waals surface area contributed by atoms with Crippen LogP contribution in [0.2, 0.25) is 0 Å². The average molecular weight is 449 g/mol. The monoisotopic (exact) mass is 448 g/mol. The molecule has 0 heterocycles. The van der Waals surface area contributed by atoms with Crippen LogP contribution in [-0.4, -0.2) is 54.3 Å².